The number of hydrogen-bond donors (Lipinski definition) is 0. The molecule has 1 heterocycles. The van der Waals surface area contributed by atoms with Crippen LogP contribution in [0, 0.1) is 0 Å². The summed E-state index contributed by atoms with van der Waals surface area (Å²) in [6.07, 6.45) is 1.67. The van der Waals surface area contributed by atoms with Gasteiger partial charge in [0.2, 0.25) is 0 Å². The molecule has 1 aliphatic heterocycles. The molecular weight excluding hydrogens is 379 g/mol. The van der Waals surface area contributed by atoms with Crippen molar-refractivity contribution in [1.29, 1.82) is 0 Å². The van der Waals surface area contributed by atoms with Crippen LogP contribution in [0.5, 0.6) is 5.75 Å². The van der Waals surface area contributed by atoms with Crippen molar-refractivity contribution >= 4 is 58.2 Å². The Bertz CT molecular complexity index is 884. The summed E-state index contributed by atoms with van der Waals surface area (Å²) < 4.78 is 5.34. The molecule has 0 unspecified atom stereocenters. The van der Waals surface area contributed by atoms with Crippen LogP contribution in [-0.4, -0.2) is 30.1 Å². The summed E-state index contributed by atoms with van der Waals surface area (Å²) >= 11 is 17.7. The molecule has 1 aliphatic rings. The number of amides is 1. The smallest absolute Gasteiger partial charge is 0.281 e. The molecule has 0 atom stereocenters. The molecule has 0 spiro atoms. The number of benzene rings is 2. The van der Waals surface area contributed by atoms with Crippen molar-refractivity contribution in [3.63, 3.8) is 0 Å². The highest BCUT2D eigenvalue weighted by molar-refractivity contribution is 7.80. The van der Waals surface area contributed by atoms with E-state index in [1.165, 1.54) is 12.0 Å². The highest BCUT2D eigenvalue weighted by Crippen LogP contribution is 2.35. The molecule has 4 nitrogen and oxygen atoms in total. The van der Waals surface area contributed by atoms with Gasteiger partial charge in [0.15, 0.2) is 5.11 Å². The van der Waals surface area contributed by atoms with E-state index in [4.69, 9.17) is 40.2 Å². The first-order valence-corrected chi connectivity index (χ1v) is 8.52. The first kappa shape index (κ1) is 17.7. The first-order chi connectivity index (χ1) is 11.9. The number of halogens is 2. The average molecular weight is 393 g/mol. The highest BCUT2D eigenvalue weighted by Gasteiger charge is 2.36. The fourth-order valence-corrected chi connectivity index (χ4v) is 3.48. The molecule has 2 aromatic carbocycles. The van der Waals surface area contributed by atoms with Crippen molar-refractivity contribution < 1.29 is 9.53 Å². The van der Waals surface area contributed by atoms with Crippen molar-refractivity contribution in [3.05, 3.63) is 63.8 Å². The molecule has 2 aromatic rings. The molecule has 1 saturated heterocycles. The normalized spacial score (nSPS) is 16.1. The molecule has 0 saturated carbocycles. The zero-order chi connectivity index (χ0) is 18.1. The number of hydrogen-bond acceptors (Lipinski definition) is 3. The summed E-state index contributed by atoms with van der Waals surface area (Å²) in [6.45, 7) is 0. The minimum atomic E-state index is -0.225. The van der Waals surface area contributed by atoms with E-state index in [9.17, 15) is 4.79 Å². The largest absolute Gasteiger partial charge is 0.495 e. The SMILES string of the molecule is COc1c(Cl)cc(Cl)cc1C=C1C(=O)N(c2ccccc2)C(=S)N1C. The molecule has 0 bridgehead atoms. The molecule has 0 aromatic heterocycles. The van der Waals surface area contributed by atoms with Crippen LogP contribution < -0.4 is 9.64 Å². The molecular formula is C18H14Cl2N2O2S. The molecule has 1 fully saturated rings. The molecule has 0 N–H and O–H groups in total. The average Bonchev–Trinajstić information content (AvgIpc) is 2.79. The Balaban J connectivity index is 2.08. The summed E-state index contributed by atoms with van der Waals surface area (Å²) in [4.78, 5) is 16.1. The fraction of sp³-hybridized carbons (Fsp3) is 0.111. The Hall–Kier alpha value is -2.08. The van der Waals surface area contributed by atoms with Crippen molar-refractivity contribution in [2.45, 2.75) is 0 Å². The maximum atomic E-state index is 12.9. The zero-order valence-electron chi connectivity index (χ0n) is 13.5. The van der Waals surface area contributed by atoms with E-state index in [-0.39, 0.29) is 5.91 Å². The maximum absolute atomic E-state index is 12.9. The number of methoxy groups -OCH3 is 1. The standard InChI is InChI=1S/C18H14Cl2N2O2S/c1-21-15(9-11-8-12(19)10-14(20)16(11)24-2)17(23)22(18(21)25)13-6-4-3-5-7-13/h3-10H,1-2H3. The number of likely N-dealkylation sites (N-methyl/N-ethyl adjacent to an activating group) is 1. The third-order valence-corrected chi connectivity index (χ3v) is 4.77. The molecule has 7 heteroatoms. The number of carbonyl (C=O) groups excluding carboxylic acids is 1. The predicted molar refractivity (Wildman–Crippen MR) is 105 cm³/mol. The Morgan fingerprint density at radius 1 is 1.16 bits per heavy atom. The van der Waals surface area contributed by atoms with Gasteiger partial charge in [0.05, 0.1) is 17.8 Å². The van der Waals surface area contributed by atoms with Gasteiger partial charge in [0.1, 0.15) is 11.4 Å². The number of para-hydroxylation sites is 1. The van der Waals surface area contributed by atoms with Gasteiger partial charge in [-0.05, 0) is 42.6 Å². The topological polar surface area (TPSA) is 32.8 Å². The van der Waals surface area contributed by atoms with Crippen molar-refractivity contribution in [1.82, 2.24) is 4.90 Å². The molecule has 25 heavy (non-hydrogen) atoms. The third kappa shape index (κ3) is 3.23. The maximum Gasteiger partial charge on any atom is 0.281 e. The lowest BCUT2D eigenvalue weighted by Crippen LogP contribution is -2.30. The van der Waals surface area contributed by atoms with Gasteiger partial charge in [0.25, 0.3) is 5.91 Å². The number of carbonyl (C=O) groups is 1. The molecule has 128 valence electrons. The minimum Gasteiger partial charge on any atom is -0.495 e. The fourth-order valence-electron chi connectivity index (χ4n) is 2.61. The number of rotatable bonds is 3. The monoisotopic (exact) mass is 392 g/mol. The second-order valence-corrected chi connectivity index (χ2v) is 6.57. The summed E-state index contributed by atoms with van der Waals surface area (Å²) in [5, 5.41) is 1.22. The predicted octanol–water partition coefficient (Wildman–Crippen LogP) is 4.61. The van der Waals surface area contributed by atoms with Crippen LogP contribution in [0.15, 0.2) is 48.2 Å². The van der Waals surface area contributed by atoms with Crippen LogP contribution in [0.3, 0.4) is 0 Å². The molecule has 1 amide bonds. The van der Waals surface area contributed by atoms with Gasteiger partial charge in [-0.15, -0.1) is 0 Å². The number of thiocarbonyl (C=S) groups is 1. The van der Waals surface area contributed by atoms with Crippen LogP contribution in [0.2, 0.25) is 10.0 Å². The zero-order valence-corrected chi connectivity index (χ0v) is 15.8. The summed E-state index contributed by atoms with van der Waals surface area (Å²) in [6, 6.07) is 12.5. The van der Waals surface area contributed by atoms with E-state index >= 15 is 0 Å². The highest BCUT2D eigenvalue weighted by atomic mass is 35.5. The van der Waals surface area contributed by atoms with Crippen molar-refractivity contribution in [2.24, 2.45) is 0 Å². The van der Waals surface area contributed by atoms with Crippen LogP contribution in [0.4, 0.5) is 5.69 Å². The Labute approximate surface area is 161 Å². The Morgan fingerprint density at radius 2 is 1.84 bits per heavy atom. The van der Waals surface area contributed by atoms with E-state index in [2.05, 4.69) is 0 Å². The van der Waals surface area contributed by atoms with Gasteiger partial charge < -0.3 is 9.64 Å². The van der Waals surface area contributed by atoms with Crippen LogP contribution in [0.25, 0.3) is 6.08 Å². The van der Waals surface area contributed by atoms with E-state index in [1.807, 2.05) is 30.3 Å². The van der Waals surface area contributed by atoms with Gasteiger partial charge in [-0.25, -0.2) is 0 Å². The number of ether oxygens (including phenoxy) is 1. The van der Waals surface area contributed by atoms with Crippen molar-refractivity contribution in [2.75, 3.05) is 19.1 Å². The summed E-state index contributed by atoms with van der Waals surface area (Å²) in [5.41, 5.74) is 1.72. The second kappa shape index (κ2) is 7.04. The van der Waals surface area contributed by atoms with Crippen LogP contribution >= 0.6 is 35.4 Å². The molecule has 0 aliphatic carbocycles. The van der Waals surface area contributed by atoms with Gasteiger partial charge >= 0.3 is 0 Å². The van der Waals surface area contributed by atoms with Crippen LogP contribution in [0.1, 0.15) is 5.56 Å². The van der Waals surface area contributed by atoms with E-state index in [0.29, 0.717) is 37.9 Å². The molecule has 0 radical (unpaired) electrons. The van der Waals surface area contributed by atoms with Gasteiger partial charge in [0, 0.05) is 17.6 Å². The number of anilines is 1. The summed E-state index contributed by atoms with van der Waals surface area (Å²) in [5.74, 6) is 0.223. The first-order valence-electron chi connectivity index (χ1n) is 7.36. The van der Waals surface area contributed by atoms with Crippen molar-refractivity contribution in [3.8, 4) is 5.75 Å². The van der Waals surface area contributed by atoms with E-state index in [1.54, 1.807) is 30.2 Å². The third-order valence-electron chi connectivity index (χ3n) is 3.81. The van der Waals surface area contributed by atoms with Gasteiger partial charge in [-0.3, -0.25) is 9.69 Å². The second-order valence-electron chi connectivity index (χ2n) is 5.36. The Kier molecular flexibility index (Phi) is 4.99. The molecule has 3 rings (SSSR count). The quantitative estimate of drug-likeness (QED) is 0.564. The van der Waals surface area contributed by atoms with E-state index in [0.717, 1.165) is 0 Å². The van der Waals surface area contributed by atoms with E-state index < -0.39 is 0 Å². The summed E-state index contributed by atoms with van der Waals surface area (Å²) in [7, 11) is 3.26. The lowest BCUT2D eigenvalue weighted by molar-refractivity contribution is -0.114. The van der Waals surface area contributed by atoms with Gasteiger partial charge in [-0.2, -0.15) is 0 Å². The lowest BCUT2D eigenvalue weighted by atomic mass is 10.1. The van der Waals surface area contributed by atoms with Crippen LogP contribution in [-0.2, 0) is 4.79 Å². The minimum absolute atomic E-state index is 0.225. The number of nitrogens with zero attached hydrogens (tertiary/aromatic N) is 2. The van der Waals surface area contributed by atoms with Gasteiger partial charge in [-0.1, -0.05) is 41.4 Å². The Morgan fingerprint density at radius 3 is 2.48 bits per heavy atom. The lowest BCUT2D eigenvalue weighted by Gasteiger charge is -2.16.